The van der Waals surface area contributed by atoms with Gasteiger partial charge < -0.3 is 15.2 Å². The van der Waals surface area contributed by atoms with E-state index < -0.39 is 17.1 Å². The van der Waals surface area contributed by atoms with Gasteiger partial charge in [-0.1, -0.05) is 17.7 Å². The molecule has 0 heterocycles. The maximum absolute atomic E-state index is 13.0. The molecule has 0 aliphatic heterocycles. The van der Waals surface area contributed by atoms with E-state index in [2.05, 4.69) is 5.32 Å². The van der Waals surface area contributed by atoms with Crippen molar-refractivity contribution in [3.05, 3.63) is 28.8 Å². The highest BCUT2D eigenvalue weighted by Crippen LogP contribution is 2.62. The van der Waals surface area contributed by atoms with Gasteiger partial charge in [0.1, 0.15) is 0 Å². The van der Waals surface area contributed by atoms with Crippen LogP contribution >= 0.6 is 11.6 Å². The van der Waals surface area contributed by atoms with Crippen LogP contribution in [0.3, 0.4) is 0 Å². The van der Waals surface area contributed by atoms with Crippen molar-refractivity contribution < 1.29 is 19.4 Å². The largest absolute Gasteiger partial charge is 0.452 e. The van der Waals surface area contributed by atoms with Gasteiger partial charge in [0.2, 0.25) is 0 Å². The van der Waals surface area contributed by atoms with Crippen LogP contribution in [0.5, 0.6) is 0 Å². The minimum Gasteiger partial charge on any atom is -0.452 e. The number of rotatable bonds is 4. The molecule has 2 N–H and O–H groups in total. The van der Waals surface area contributed by atoms with Crippen LogP contribution in [0, 0.1) is 24.2 Å². The number of amides is 1. The predicted octanol–water partition coefficient (Wildman–Crippen LogP) is 3.85. The lowest BCUT2D eigenvalue weighted by molar-refractivity contribution is -0.199. The Morgan fingerprint density at radius 2 is 1.93 bits per heavy atom. The number of nitrogens with one attached hydrogen (secondary N) is 1. The number of hydrogen-bond acceptors (Lipinski definition) is 4. The summed E-state index contributed by atoms with van der Waals surface area (Å²) in [4.78, 5) is 25.5. The Balaban J connectivity index is 1.43. The average Bonchev–Trinajstić information content (AvgIpc) is 2.56. The monoisotopic (exact) mass is 391 g/mol. The molecule has 1 aromatic rings. The summed E-state index contributed by atoms with van der Waals surface area (Å²) in [5, 5.41) is 14.2. The van der Waals surface area contributed by atoms with Crippen LogP contribution in [0.4, 0.5) is 5.69 Å². The second kappa shape index (κ2) is 6.49. The highest BCUT2D eigenvalue weighted by atomic mass is 35.5. The van der Waals surface area contributed by atoms with Crippen LogP contribution in [0.2, 0.25) is 5.02 Å². The van der Waals surface area contributed by atoms with Gasteiger partial charge >= 0.3 is 5.97 Å². The summed E-state index contributed by atoms with van der Waals surface area (Å²) in [5.74, 6) is 0.0710. The maximum Gasteiger partial charge on any atom is 0.312 e. The first kappa shape index (κ1) is 18.8. The molecule has 4 fully saturated rings. The SMILES string of the molecule is Cc1c(Cl)cccc1NC(=O)[C@@H](C)OC(=O)C12C[C@@H]3C[C@@H](CC(O)(C3)C1)C2. The molecule has 5 rings (SSSR count). The van der Waals surface area contributed by atoms with Crippen molar-refractivity contribution in [3.63, 3.8) is 0 Å². The fourth-order valence-corrected chi connectivity index (χ4v) is 5.94. The van der Waals surface area contributed by atoms with Gasteiger partial charge in [-0.3, -0.25) is 9.59 Å². The highest BCUT2D eigenvalue weighted by molar-refractivity contribution is 6.31. The molecule has 5 nitrogen and oxygen atoms in total. The number of esters is 1. The van der Waals surface area contributed by atoms with E-state index in [0.717, 1.165) is 37.7 Å². The summed E-state index contributed by atoms with van der Waals surface area (Å²) in [5.41, 5.74) is 0.0279. The lowest BCUT2D eigenvalue weighted by Gasteiger charge is -2.58. The Labute approximate surface area is 164 Å². The Kier molecular flexibility index (Phi) is 4.51. The van der Waals surface area contributed by atoms with E-state index in [1.54, 1.807) is 25.1 Å². The molecule has 6 heteroatoms. The molecule has 5 atom stereocenters. The molecule has 0 radical (unpaired) electrons. The zero-order chi connectivity index (χ0) is 19.4. The topological polar surface area (TPSA) is 75.6 Å². The lowest BCUT2D eigenvalue weighted by Crippen LogP contribution is -2.59. The molecule has 4 aliphatic carbocycles. The highest BCUT2D eigenvalue weighted by Gasteiger charge is 2.61. The molecule has 4 saturated carbocycles. The second-order valence-electron chi connectivity index (χ2n) is 8.91. The normalized spacial score (nSPS) is 35.0. The Bertz CT molecular complexity index is 778. The number of carbonyl (C=O) groups is 2. The van der Waals surface area contributed by atoms with Crippen LogP contribution < -0.4 is 5.32 Å². The third kappa shape index (κ3) is 3.36. The summed E-state index contributed by atoms with van der Waals surface area (Å²) < 4.78 is 5.59. The fraction of sp³-hybridized carbons (Fsp3) is 0.619. The molecular weight excluding hydrogens is 366 g/mol. The van der Waals surface area contributed by atoms with Crippen LogP contribution in [-0.4, -0.2) is 28.7 Å². The zero-order valence-corrected chi connectivity index (χ0v) is 16.5. The number of aliphatic hydroxyl groups is 1. The summed E-state index contributed by atoms with van der Waals surface area (Å²) in [6.07, 6.45) is 3.79. The van der Waals surface area contributed by atoms with Gasteiger partial charge in [-0.2, -0.15) is 0 Å². The molecule has 4 aliphatic rings. The Morgan fingerprint density at radius 1 is 1.26 bits per heavy atom. The van der Waals surface area contributed by atoms with Crippen molar-refractivity contribution in [3.8, 4) is 0 Å². The first-order valence-corrected chi connectivity index (χ1v) is 10.1. The van der Waals surface area contributed by atoms with Gasteiger partial charge in [0.15, 0.2) is 6.10 Å². The molecule has 1 amide bonds. The number of halogens is 1. The number of carbonyl (C=O) groups excluding carboxylic acids is 2. The lowest BCUT2D eigenvalue weighted by atomic mass is 9.48. The van der Waals surface area contributed by atoms with Gasteiger partial charge in [0, 0.05) is 10.7 Å². The minimum atomic E-state index is -0.904. The third-order valence-electron chi connectivity index (χ3n) is 6.64. The van der Waals surface area contributed by atoms with E-state index in [1.807, 2.05) is 6.92 Å². The van der Waals surface area contributed by atoms with Gasteiger partial charge in [-0.25, -0.2) is 0 Å². The number of hydrogen-bond donors (Lipinski definition) is 2. The molecule has 146 valence electrons. The Hall–Kier alpha value is -1.59. The van der Waals surface area contributed by atoms with Gasteiger partial charge in [-0.15, -0.1) is 0 Å². The molecular formula is C21H26ClNO4. The quantitative estimate of drug-likeness (QED) is 0.764. The first-order valence-electron chi connectivity index (χ1n) is 9.69. The van der Waals surface area contributed by atoms with E-state index in [0.29, 0.717) is 29.0 Å². The van der Waals surface area contributed by atoms with Crippen LogP contribution in [0.1, 0.15) is 51.0 Å². The molecule has 2 unspecified atom stereocenters. The molecule has 0 aromatic heterocycles. The molecule has 1 aromatic carbocycles. The van der Waals surface area contributed by atoms with Crippen molar-refractivity contribution >= 4 is 29.2 Å². The summed E-state index contributed by atoms with van der Waals surface area (Å²) >= 11 is 6.09. The van der Waals surface area contributed by atoms with Crippen molar-refractivity contribution in [2.75, 3.05) is 5.32 Å². The minimum absolute atomic E-state index is 0.333. The maximum atomic E-state index is 13.0. The van der Waals surface area contributed by atoms with Gasteiger partial charge in [-0.05, 0) is 81.9 Å². The van der Waals surface area contributed by atoms with Crippen molar-refractivity contribution in [1.82, 2.24) is 0 Å². The summed E-state index contributed by atoms with van der Waals surface area (Å²) in [6, 6.07) is 5.29. The fourth-order valence-electron chi connectivity index (χ4n) is 5.77. The predicted molar refractivity (Wildman–Crippen MR) is 102 cm³/mol. The van der Waals surface area contributed by atoms with Gasteiger partial charge in [0.25, 0.3) is 5.91 Å². The van der Waals surface area contributed by atoms with Crippen molar-refractivity contribution in [1.29, 1.82) is 0 Å². The Morgan fingerprint density at radius 3 is 2.56 bits per heavy atom. The third-order valence-corrected chi connectivity index (χ3v) is 7.05. The van der Waals surface area contributed by atoms with E-state index in [1.165, 1.54) is 0 Å². The average molecular weight is 392 g/mol. The smallest absolute Gasteiger partial charge is 0.312 e. The summed E-state index contributed by atoms with van der Waals surface area (Å²) in [7, 11) is 0. The van der Waals surface area contributed by atoms with E-state index >= 15 is 0 Å². The molecule has 27 heavy (non-hydrogen) atoms. The standard InChI is InChI=1S/C21H26ClNO4/c1-12-16(22)4-3-5-17(12)23-18(24)13(2)27-19(25)20-7-14-6-15(8-20)10-21(26,9-14)11-20/h3-5,13-15,26H,6-11H2,1-2H3,(H,23,24)/t13-,14-,15+,20?,21?/m1/s1. The number of ether oxygens (including phenoxy) is 1. The van der Waals surface area contributed by atoms with Crippen molar-refractivity contribution in [2.45, 2.75) is 64.1 Å². The summed E-state index contributed by atoms with van der Waals surface area (Å²) in [6.45, 7) is 3.41. The van der Waals surface area contributed by atoms with Crippen LogP contribution in [-0.2, 0) is 14.3 Å². The first-order chi connectivity index (χ1) is 12.7. The number of benzene rings is 1. The van der Waals surface area contributed by atoms with Crippen LogP contribution in [0.25, 0.3) is 0 Å². The molecule has 0 saturated heterocycles. The van der Waals surface area contributed by atoms with Crippen LogP contribution in [0.15, 0.2) is 18.2 Å². The van der Waals surface area contributed by atoms with Gasteiger partial charge in [0.05, 0.1) is 11.0 Å². The number of anilines is 1. The van der Waals surface area contributed by atoms with Crippen molar-refractivity contribution in [2.24, 2.45) is 17.3 Å². The van der Waals surface area contributed by atoms with E-state index in [-0.39, 0.29) is 11.9 Å². The van der Waals surface area contributed by atoms with E-state index in [9.17, 15) is 14.7 Å². The molecule has 4 bridgehead atoms. The van der Waals surface area contributed by atoms with E-state index in [4.69, 9.17) is 16.3 Å². The molecule has 0 spiro atoms. The zero-order valence-electron chi connectivity index (χ0n) is 15.8. The second-order valence-corrected chi connectivity index (χ2v) is 9.32.